The van der Waals surface area contributed by atoms with Crippen LogP contribution in [0.15, 0.2) is 24.3 Å². The molecule has 0 bridgehead atoms. The van der Waals surface area contributed by atoms with Gasteiger partial charge >= 0.3 is 6.09 Å². The monoisotopic (exact) mass is 393 g/mol. The van der Waals surface area contributed by atoms with Crippen LogP contribution in [0.5, 0.6) is 0 Å². The summed E-state index contributed by atoms with van der Waals surface area (Å²) < 4.78 is 17.8. The summed E-state index contributed by atoms with van der Waals surface area (Å²) in [6.07, 6.45) is -0.474. The van der Waals surface area contributed by atoms with Gasteiger partial charge in [0.15, 0.2) is 5.78 Å². The Labute approximate surface area is 162 Å². The third-order valence-corrected chi connectivity index (χ3v) is 4.34. The van der Waals surface area contributed by atoms with Crippen LogP contribution < -0.4 is 5.32 Å². The Bertz CT molecular complexity index is 715. The van der Waals surface area contributed by atoms with Crippen LogP contribution in [0.3, 0.4) is 0 Å². The summed E-state index contributed by atoms with van der Waals surface area (Å²) in [5, 5.41) is 2.50. The average Bonchev–Trinajstić information content (AvgIpc) is 2.71. The van der Waals surface area contributed by atoms with E-state index in [1.165, 1.54) is 29.2 Å². The number of hydrogen-bond acceptors (Lipinski definition) is 5. The van der Waals surface area contributed by atoms with E-state index in [-0.39, 0.29) is 31.1 Å². The molecule has 0 saturated carbocycles. The molecule has 1 fully saturated rings. The summed E-state index contributed by atoms with van der Waals surface area (Å²) in [5.74, 6) is -1.36. The number of carbonyl (C=O) groups is 4. The van der Waals surface area contributed by atoms with Gasteiger partial charge < -0.3 is 19.9 Å². The minimum absolute atomic E-state index is 0.0239. The van der Waals surface area contributed by atoms with Gasteiger partial charge in [0, 0.05) is 44.6 Å². The van der Waals surface area contributed by atoms with E-state index in [0.29, 0.717) is 38.3 Å². The molecule has 1 aromatic carbocycles. The van der Waals surface area contributed by atoms with E-state index < -0.39 is 17.8 Å². The molecule has 1 aliphatic heterocycles. The van der Waals surface area contributed by atoms with Crippen molar-refractivity contribution in [1.29, 1.82) is 0 Å². The number of amides is 3. The first-order chi connectivity index (χ1) is 13.4. The third kappa shape index (κ3) is 6.33. The Hall–Kier alpha value is -2.97. The third-order valence-electron chi connectivity index (χ3n) is 4.34. The molecule has 3 amide bonds. The van der Waals surface area contributed by atoms with Crippen molar-refractivity contribution in [2.45, 2.75) is 19.8 Å². The van der Waals surface area contributed by atoms with Crippen molar-refractivity contribution in [2.75, 3.05) is 39.3 Å². The molecule has 2 rings (SSSR count). The molecule has 8 nitrogen and oxygen atoms in total. The molecule has 0 aliphatic carbocycles. The van der Waals surface area contributed by atoms with Crippen molar-refractivity contribution >= 4 is 23.7 Å². The van der Waals surface area contributed by atoms with Crippen molar-refractivity contribution in [1.82, 2.24) is 15.1 Å². The number of hydrogen-bond donors (Lipinski definition) is 1. The van der Waals surface area contributed by atoms with E-state index in [9.17, 15) is 23.6 Å². The van der Waals surface area contributed by atoms with Crippen LogP contribution >= 0.6 is 0 Å². The van der Waals surface area contributed by atoms with E-state index in [2.05, 4.69) is 5.32 Å². The molecule has 0 atom stereocenters. The second kappa shape index (κ2) is 10.4. The van der Waals surface area contributed by atoms with Crippen LogP contribution in [0, 0.1) is 5.82 Å². The predicted molar refractivity (Wildman–Crippen MR) is 98.1 cm³/mol. The van der Waals surface area contributed by atoms with Crippen LogP contribution in [0.2, 0.25) is 0 Å². The molecule has 28 heavy (non-hydrogen) atoms. The smallest absolute Gasteiger partial charge is 0.409 e. The Kier molecular flexibility index (Phi) is 7.91. The van der Waals surface area contributed by atoms with E-state index >= 15 is 0 Å². The van der Waals surface area contributed by atoms with Gasteiger partial charge in [0.05, 0.1) is 13.2 Å². The number of nitrogens with one attached hydrogen (secondary N) is 1. The molecule has 1 N–H and O–H groups in total. The fraction of sp³-hybridized carbons (Fsp3) is 0.474. The van der Waals surface area contributed by atoms with Crippen molar-refractivity contribution in [2.24, 2.45) is 0 Å². The van der Waals surface area contributed by atoms with Crippen molar-refractivity contribution < 1.29 is 28.3 Å². The zero-order valence-electron chi connectivity index (χ0n) is 15.8. The first kappa shape index (κ1) is 21.3. The summed E-state index contributed by atoms with van der Waals surface area (Å²) in [4.78, 5) is 50.7. The SMILES string of the molecule is CCOC(=O)N1CCN(C(=O)CNC(=O)CCC(=O)c2ccc(F)cc2)CC1. The molecular weight excluding hydrogens is 369 g/mol. The molecule has 1 saturated heterocycles. The molecule has 1 heterocycles. The summed E-state index contributed by atoms with van der Waals surface area (Å²) in [6, 6.07) is 5.12. The topological polar surface area (TPSA) is 96.0 Å². The number of Topliss-reactive ketones (excluding diaryl/α,β-unsaturated/α-hetero) is 1. The fourth-order valence-corrected chi connectivity index (χ4v) is 2.73. The minimum Gasteiger partial charge on any atom is -0.450 e. The normalized spacial score (nSPS) is 13.8. The number of carbonyl (C=O) groups excluding carboxylic acids is 4. The molecule has 1 aromatic rings. The molecule has 0 aromatic heterocycles. The van der Waals surface area contributed by atoms with Gasteiger partial charge in [-0.15, -0.1) is 0 Å². The van der Waals surface area contributed by atoms with Crippen LogP contribution in [0.25, 0.3) is 0 Å². The second-order valence-corrected chi connectivity index (χ2v) is 6.27. The predicted octanol–water partition coefficient (Wildman–Crippen LogP) is 1.21. The van der Waals surface area contributed by atoms with Crippen LogP contribution in [-0.4, -0.2) is 72.8 Å². The van der Waals surface area contributed by atoms with E-state index in [1.807, 2.05) is 0 Å². The van der Waals surface area contributed by atoms with Gasteiger partial charge in [0.25, 0.3) is 0 Å². The molecule has 0 spiro atoms. The van der Waals surface area contributed by atoms with E-state index in [1.54, 1.807) is 11.8 Å². The van der Waals surface area contributed by atoms with Crippen LogP contribution in [0.1, 0.15) is 30.1 Å². The lowest BCUT2D eigenvalue weighted by Gasteiger charge is -2.34. The number of halogens is 1. The van der Waals surface area contributed by atoms with Gasteiger partial charge in [-0.25, -0.2) is 9.18 Å². The van der Waals surface area contributed by atoms with Crippen LogP contribution in [-0.2, 0) is 14.3 Å². The lowest BCUT2D eigenvalue weighted by molar-refractivity contribution is -0.134. The summed E-state index contributed by atoms with van der Waals surface area (Å²) in [6.45, 7) is 3.37. The number of nitrogens with zero attached hydrogens (tertiary/aromatic N) is 2. The first-order valence-electron chi connectivity index (χ1n) is 9.15. The fourth-order valence-electron chi connectivity index (χ4n) is 2.73. The zero-order valence-corrected chi connectivity index (χ0v) is 15.8. The van der Waals surface area contributed by atoms with Gasteiger partial charge in [-0.1, -0.05) is 0 Å². The highest BCUT2D eigenvalue weighted by molar-refractivity contribution is 5.98. The van der Waals surface area contributed by atoms with Gasteiger partial charge in [0.2, 0.25) is 11.8 Å². The van der Waals surface area contributed by atoms with Crippen molar-refractivity contribution in [3.8, 4) is 0 Å². The van der Waals surface area contributed by atoms with Gasteiger partial charge in [-0.05, 0) is 31.2 Å². The zero-order chi connectivity index (χ0) is 20.5. The summed E-state index contributed by atoms with van der Waals surface area (Å²) in [7, 11) is 0. The maximum absolute atomic E-state index is 12.9. The van der Waals surface area contributed by atoms with Gasteiger partial charge in [0.1, 0.15) is 5.82 Å². The number of ether oxygens (including phenoxy) is 1. The van der Waals surface area contributed by atoms with Gasteiger partial charge in [-0.2, -0.15) is 0 Å². The Morgan fingerprint density at radius 3 is 2.21 bits per heavy atom. The first-order valence-corrected chi connectivity index (χ1v) is 9.15. The molecule has 9 heteroatoms. The van der Waals surface area contributed by atoms with E-state index in [4.69, 9.17) is 4.74 Å². The lowest BCUT2D eigenvalue weighted by Crippen LogP contribution is -2.52. The van der Waals surface area contributed by atoms with Crippen molar-refractivity contribution in [3.05, 3.63) is 35.6 Å². The highest BCUT2D eigenvalue weighted by Gasteiger charge is 2.24. The average molecular weight is 393 g/mol. The number of rotatable bonds is 7. The molecule has 1 aliphatic rings. The quantitative estimate of drug-likeness (QED) is 0.703. The largest absolute Gasteiger partial charge is 0.450 e. The maximum atomic E-state index is 12.9. The molecule has 0 unspecified atom stereocenters. The maximum Gasteiger partial charge on any atom is 0.409 e. The van der Waals surface area contributed by atoms with Gasteiger partial charge in [-0.3, -0.25) is 14.4 Å². The lowest BCUT2D eigenvalue weighted by atomic mass is 10.1. The highest BCUT2D eigenvalue weighted by atomic mass is 19.1. The summed E-state index contributed by atoms with van der Waals surface area (Å²) in [5.41, 5.74) is 0.338. The van der Waals surface area contributed by atoms with Crippen molar-refractivity contribution in [3.63, 3.8) is 0 Å². The van der Waals surface area contributed by atoms with E-state index in [0.717, 1.165) is 0 Å². The molecular formula is C19H24FN3O5. The number of ketones is 1. The Morgan fingerprint density at radius 1 is 1.00 bits per heavy atom. The number of piperazine rings is 1. The molecule has 152 valence electrons. The minimum atomic E-state index is -0.434. The Balaban J connectivity index is 1.67. The Morgan fingerprint density at radius 2 is 1.61 bits per heavy atom. The second-order valence-electron chi connectivity index (χ2n) is 6.27. The number of benzene rings is 1. The van der Waals surface area contributed by atoms with Crippen LogP contribution in [0.4, 0.5) is 9.18 Å². The standard InChI is InChI=1S/C19H24FN3O5/c1-2-28-19(27)23-11-9-22(10-12-23)18(26)13-21-17(25)8-7-16(24)14-3-5-15(20)6-4-14/h3-6H,2,7-13H2,1H3,(H,21,25). The molecule has 0 radical (unpaired) electrons. The highest BCUT2D eigenvalue weighted by Crippen LogP contribution is 2.08. The summed E-state index contributed by atoms with van der Waals surface area (Å²) >= 11 is 0.